The molecule has 0 saturated carbocycles. The number of H-pyrrole nitrogens is 1. The fourth-order valence-corrected chi connectivity index (χ4v) is 4.08. The second-order valence-corrected chi connectivity index (χ2v) is 8.20. The van der Waals surface area contributed by atoms with Crippen molar-refractivity contribution in [3.8, 4) is 11.1 Å². The van der Waals surface area contributed by atoms with Crippen LogP contribution < -0.4 is 4.72 Å². The predicted molar refractivity (Wildman–Crippen MR) is 119 cm³/mol. The molecular weight excluding hydrogens is 423 g/mol. The highest BCUT2D eigenvalue weighted by molar-refractivity contribution is 7.97. The molecule has 4 rings (SSSR count). The molecule has 0 radical (unpaired) electrons. The van der Waals surface area contributed by atoms with Gasteiger partial charge in [-0.3, -0.25) is 4.79 Å². The molecule has 1 heterocycles. The first kappa shape index (κ1) is 20.5. The summed E-state index contributed by atoms with van der Waals surface area (Å²) in [5, 5.41) is 11.0. The lowest BCUT2D eigenvalue weighted by atomic mass is 10.1. The van der Waals surface area contributed by atoms with Crippen LogP contribution >= 0.6 is 23.5 Å². The Balaban J connectivity index is 1.44. The number of hydrogen-bond acceptors (Lipinski definition) is 3. The molecule has 0 saturated heterocycles. The molecule has 1 aromatic heterocycles. The molecule has 3 aromatic carbocycles. The second kappa shape index (κ2) is 8.92. The molecule has 0 aliphatic heterocycles. The number of aromatic nitrogens is 1. The Hall–Kier alpha value is -2.80. The third-order valence-corrected chi connectivity index (χ3v) is 5.96. The standard InChI is InChI=1S/C23H18ClFN2O2S/c24-17-5-1-14(2-6-17)15-3-8-19(9-4-15)30-27-22(23(28)29)11-16-13-26-21-10-7-18(25)12-20(16)21/h1-10,12-13,22,26-27H,11H2,(H,28,29)/t22-/m1/s1. The van der Waals surface area contributed by atoms with Gasteiger partial charge in [-0.1, -0.05) is 35.9 Å². The molecule has 0 aliphatic rings. The molecule has 4 nitrogen and oxygen atoms in total. The Morgan fingerprint density at radius 2 is 1.73 bits per heavy atom. The lowest BCUT2D eigenvalue weighted by molar-refractivity contribution is -0.138. The van der Waals surface area contributed by atoms with E-state index in [4.69, 9.17) is 11.6 Å². The van der Waals surface area contributed by atoms with Gasteiger partial charge in [0.05, 0.1) is 0 Å². The van der Waals surface area contributed by atoms with Crippen molar-refractivity contribution in [3.63, 3.8) is 0 Å². The number of carboxylic acid groups (broad SMARTS) is 1. The fraction of sp³-hybridized carbons (Fsp3) is 0.0870. The molecule has 0 unspecified atom stereocenters. The third-order valence-electron chi connectivity index (χ3n) is 4.80. The minimum absolute atomic E-state index is 0.231. The summed E-state index contributed by atoms with van der Waals surface area (Å²) in [5.41, 5.74) is 3.63. The average Bonchev–Trinajstić information content (AvgIpc) is 3.13. The summed E-state index contributed by atoms with van der Waals surface area (Å²) in [6.07, 6.45) is 1.96. The van der Waals surface area contributed by atoms with Crippen molar-refractivity contribution in [1.29, 1.82) is 0 Å². The number of fused-ring (bicyclic) bond motifs is 1. The summed E-state index contributed by atoms with van der Waals surface area (Å²) >= 11 is 7.19. The molecule has 0 spiro atoms. The van der Waals surface area contributed by atoms with Crippen LogP contribution in [-0.4, -0.2) is 22.1 Å². The van der Waals surface area contributed by atoms with Gasteiger partial charge in [-0.2, -0.15) is 0 Å². The van der Waals surface area contributed by atoms with Crippen LogP contribution in [0.4, 0.5) is 4.39 Å². The number of rotatable bonds is 7. The highest BCUT2D eigenvalue weighted by atomic mass is 35.5. The summed E-state index contributed by atoms with van der Waals surface area (Å²) in [6.45, 7) is 0. The molecule has 30 heavy (non-hydrogen) atoms. The molecule has 0 bridgehead atoms. The van der Waals surface area contributed by atoms with Crippen LogP contribution in [0.1, 0.15) is 5.56 Å². The summed E-state index contributed by atoms with van der Waals surface area (Å²) < 4.78 is 16.6. The van der Waals surface area contributed by atoms with Gasteiger partial charge >= 0.3 is 5.97 Å². The zero-order valence-electron chi connectivity index (χ0n) is 15.7. The van der Waals surface area contributed by atoms with Crippen molar-refractivity contribution in [2.24, 2.45) is 0 Å². The van der Waals surface area contributed by atoms with E-state index in [0.717, 1.165) is 27.1 Å². The molecule has 0 fully saturated rings. The van der Waals surface area contributed by atoms with Crippen LogP contribution in [0.25, 0.3) is 22.0 Å². The van der Waals surface area contributed by atoms with E-state index in [2.05, 4.69) is 9.71 Å². The number of carboxylic acids is 1. The number of halogens is 2. The van der Waals surface area contributed by atoms with Crippen LogP contribution in [0.3, 0.4) is 0 Å². The van der Waals surface area contributed by atoms with E-state index < -0.39 is 12.0 Å². The van der Waals surface area contributed by atoms with Gasteiger partial charge in [0.25, 0.3) is 0 Å². The van der Waals surface area contributed by atoms with Crippen LogP contribution in [0.5, 0.6) is 0 Å². The Morgan fingerprint density at radius 3 is 2.40 bits per heavy atom. The number of aromatic amines is 1. The fourth-order valence-electron chi connectivity index (χ4n) is 3.22. The molecule has 1 atom stereocenters. The van der Waals surface area contributed by atoms with Crippen molar-refractivity contribution in [2.45, 2.75) is 17.4 Å². The summed E-state index contributed by atoms with van der Waals surface area (Å²) in [4.78, 5) is 15.7. The van der Waals surface area contributed by atoms with E-state index in [1.807, 2.05) is 48.5 Å². The van der Waals surface area contributed by atoms with E-state index >= 15 is 0 Å². The summed E-state index contributed by atoms with van der Waals surface area (Å²) in [5.74, 6) is -1.32. The van der Waals surface area contributed by atoms with E-state index in [0.29, 0.717) is 10.4 Å². The smallest absolute Gasteiger partial charge is 0.321 e. The number of aliphatic carboxylic acids is 1. The quantitative estimate of drug-likeness (QED) is 0.312. The lowest BCUT2D eigenvalue weighted by Crippen LogP contribution is -2.34. The Kier molecular flexibility index (Phi) is 6.08. The van der Waals surface area contributed by atoms with Crippen LogP contribution in [0.2, 0.25) is 5.02 Å². The largest absolute Gasteiger partial charge is 0.480 e. The van der Waals surface area contributed by atoms with Crippen LogP contribution in [0, 0.1) is 5.82 Å². The van der Waals surface area contributed by atoms with Crippen molar-refractivity contribution in [1.82, 2.24) is 9.71 Å². The van der Waals surface area contributed by atoms with Crippen LogP contribution in [0.15, 0.2) is 77.8 Å². The maximum atomic E-state index is 13.6. The van der Waals surface area contributed by atoms with Gasteiger partial charge in [-0.05, 0) is 71.1 Å². The van der Waals surface area contributed by atoms with Crippen molar-refractivity contribution < 1.29 is 14.3 Å². The highest BCUT2D eigenvalue weighted by Crippen LogP contribution is 2.26. The number of benzene rings is 3. The minimum Gasteiger partial charge on any atom is -0.480 e. The Labute approximate surface area is 182 Å². The Bertz CT molecular complexity index is 1180. The number of nitrogens with one attached hydrogen (secondary N) is 2. The molecule has 0 amide bonds. The summed E-state index contributed by atoms with van der Waals surface area (Å²) in [7, 11) is 0. The molecule has 7 heteroatoms. The molecule has 152 valence electrons. The first-order valence-electron chi connectivity index (χ1n) is 9.26. The van der Waals surface area contributed by atoms with E-state index in [-0.39, 0.29) is 12.2 Å². The maximum Gasteiger partial charge on any atom is 0.321 e. The molecular formula is C23H18ClFN2O2S. The van der Waals surface area contributed by atoms with Crippen molar-refractivity contribution in [3.05, 3.63) is 89.3 Å². The second-order valence-electron chi connectivity index (χ2n) is 6.85. The average molecular weight is 441 g/mol. The number of carbonyl (C=O) groups is 1. The van der Waals surface area contributed by atoms with Crippen molar-refractivity contribution >= 4 is 40.4 Å². The van der Waals surface area contributed by atoms with E-state index in [9.17, 15) is 14.3 Å². The minimum atomic E-state index is -0.967. The molecule has 3 N–H and O–H groups in total. The van der Waals surface area contributed by atoms with Gasteiger partial charge in [0.15, 0.2) is 0 Å². The molecule has 0 aliphatic carbocycles. The zero-order chi connectivity index (χ0) is 21.1. The Morgan fingerprint density at radius 1 is 1.07 bits per heavy atom. The summed E-state index contributed by atoms with van der Waals surface area (Å²) in [6, 6.07) is 19.0. The maximum absolute atomic E-state index is 13.6. The van der Waals surface area contributed by atoms with Gasteiger partial charge in [0, 0.05) is 33.4 Å². The van der Waals surface area contributed by atoms with Gasteiger partial charge in [0.1, 0.15) is 11.9 Å². The highest BCUT2D eigenvalue weighted by Gasteiger charge is 2.20. The number of hydrogen-bond donors (Lipinski definition) is 3. The normalized spacial score (nSPS) is 12.2. The first-order chi connectivity index (χ1) is 14.5. The first-order valence-corrected chi connectivity index (χ1v) is 10.5. The van der Waals surface area contributed by atoms with E-state index in [1.165, 1.54) is 24.1 Å². The van der Waals surface area contributed by atoms with Gasteiger partial charge in [0.2, 0.25) is 0 Å². The predicted octanol–water partition coefficient (Wildman–Crippen LogP) is 5.92. The zero-order valence-corrected chi connectivity index (χ0v) is 17.3. The molecule has 4 aromatic rings. The van der Waals surface area contributed by atoms with Gasteiger partial charge in [-0.15, -0.1) is 0 Å². The van der Waals surface area contributed by atoms with E-state index in [1.54, 1.807) is 12.3 Å². The van der Waals surface area contributed by atoms with Crippen LogP contribution in [-0.2, 0) is 11.2 Å². The topological polar surface area (TPSA) is 65.1 Å². The monoisotopic (exact) mass is 440 g/mol. The third kappa shape index (κ3) is 4.67. The SMILES string of the molecule is O=C(O)[C@@H](Cc1c[nH]c2ccc(F)cc12)NSc1ccc(-c2ccc(Cl)cc2)cc1. The van der Waals surface area contributed by atoms with Crippen molar-refractivity contribution in [2.75, 3.05) is 0 Å². The van der Waals surface area contributed by atoms with Gasteiger partial charge < -0.3 is 10.1 Å². The lowest BCUT2D eigenvalue weighted by Gasteiger charge is -2.14. The van der Waals surface area contributed by atoms with Gasteiger partial charge in [-0.25, -0.2) is 9.11 Å².